The fourth-order valence-corrected chi connectivity index (χ4v) is 6.25. The van der Waals surface area contributed by atoms with Crippen LogP contribution < -0.4 is 34.8 Å². The van der Waals surface area contributed by atoms with Crippen LogP contribution in [0.3, 0.4) is 0 Å². The van der Waals surface area contributed by atoms with E-state index in [0.29, 0.717) is 48.8 Å². The van der Waals surface area contributed by atoms with Crippen molar-refractivity contribution >= 4 is 29.2 Å². The first-order valence-electron chi connectivity index (χ1n) is 18.3. The Hall–Kier alpha value is -6.71. The molecule has 0 saturated heterocycles. The number of hydrogen-bond donors (Lipinski definition) is 3. The van der Waals surface area contributed by atoms with Gasteiger partial charge in [-0.05, 0) is 60.7 Å². The highest BCUT2D eigenvalue weighted by atomic mass is 16.5. The first-order chi connectivity index (χ1) is 27.9. The number of methoxy groups -OCH3 is 2. The summed E-state index contributed by atoms with van der Waals surface area (Å²) in [6.45, 7) is 6.22. The predicted octanol–water partition coefficient (Wildman–Crippen LogP) is 4.82. The molecule has 8 rings (SSSR count). The number of carbonyl (C=O) groups excluding carboxylic acids is 3. The van der Waals surface area contributed by atoms with E-state index in [1.165, 1.54) is 14.2 Å². The number of ether oxygens (including phenoxy) is 5. The van der Waals surface area contributed by atoms with E-state index in [9.17, 15) is 14.4 Å². The number of fused-ring (bicyclic) bond motifs is 3. The van der Waals surface area contributed by atoms with Crippen LogP contribution in [0, 0.1) is 0 Å². The number of hydroxylamine groups is 1. The van der Waals surface area contributed by atoms with Crippen molar-refractivity contribution in [2.75, 3.05) is 63.5 Å². The average Bonchev–Trinajstić information content (AvgIpc) is 3.74. The van der Waals surface area contributed by atoms with Gasteiger partial charge in [0.15, 0.2) is 0 Å². The molecule has 3 aromatic carbocycles. The average molecular weight is 777 g/mol. The van der Waals surface area contributed by atoms with E-state index in [1.54, 1.807) is 54.3 Å². The Labute approximate surface area is 330 Å². The second-order valence-corrected chi connectivity index (χ2v) is 12.9. The van der Waals surface area contributed by atoms with Crippen LogP contribution in [0.25, 0.3) is 0 Å². The summed E-state index contributed by atoms with van der Waals surface area (Å²) in [5, 5.41) is 11.9. The summed E-state index contributed by atoms with van der Waals surface area (Å²) in [4.78, 5) is 47.0. The molecule has 0 unspecified atom stereocenters. The molecule has 15 nitrogen and oxygen atoms in total. The lowest BCUT2D eigenvalue weighted by Gasteiger charge is -2.21. The van der Waals surface area contributed by atoms with Crippen molar-refractivity contribution in [2.24, 2.45) is 0 Å². The van der Waals surface area contributed by atoms with Crippen molar-refractivity contribution in [1.29, 1.82) is 0 Å². The van der Waals surface area contributed by atoms with Crippen LogP contribution in [0.15, 0.2) is 104 Å². The van der Waals surface area contributed by atoms with Crippen LogP contribution in [0.5, 0.6) is 17.2 Å². The first kappa shape index (κ1) is 40.0. The highest BCUT2D eigenvalue weighted by Crippen LogP contribution is 2.29. The standard InChI is InChI=1S/C16H16N2O3.C15H15N3O3.C11H13NO3/c1-20-16(19)12-4-5-13-11-18(7-8-21-15(13)9-12)14-3-2-6-17-10-14;19-15(17-20)11-3-4-12-10-18(6-7-21-14(12)8-11)13-2-1-5-16-9-13;1-14-11(13)8-2-3-9-7-12-4-5-15-10(9)6-8/h2-6,9-10H,7-8,11H2,1H3;1-5,8-9,20H,6-7,10H2,(H,17,19);2-3,6,12H,4-5,7H2,1H3. The van der Waals surface area contributed by atoms with Gasteiger partial charge in [0, 0.05) is 60.8 Å². The summed E-state index contributed by atoms with van der Waals surface area (Å²) in [5.41, 5.74) is 8.22. The third-order valence-corrected chi connectivity index (χ3v) is 9.24. The highest BCUT2D eigenvalue weighted by Gasteiger charge is 2.20. The van der Waals surface area contributed by atoms with Gasteiger partial charge in [0.1, 0.15) is 37.1 Å². The molecule has 5 aromatic rings. The minimum atomic E-state index is -0.547. The van der Waals surface area contributed by atoms with Gasteiger partial charge in [0.05, 0.1) is 62.2 Å². The van der Waals surface area contributed by atoms with Gasteiger partial charge in [-0.2, -0.15) is 0 Å². The smallest absolute Gasteiger partial charge is 0.337 e. The van der Waals surface area contributed by atoms with Crippen LogP contribution in [0.2, 0.25) is 0 Å². The van der Waals surface area contributed by atoms with Gasteiger partial charge < -0.3 is 38.8 Å². The van der Waals surface area contributed by atoms with Gasteiger partial charge >= 0.3 is 11.9 Å². The largest absolute Gasteiger partial charge is 0.492 e. The number of benzene rings is 3. The zero-order valence-corrected chi connectivity index (χ0v) is 31.7. The fraction of sp³-hybridized carbons (Fsp3) is 0.262. The number of pyridine rings is 2. The molecular weight excluding hydrogens is 732 g/mol. The van der Waals surface area contributed by atoms with Crippen LogP contribution in [0.1, 0.15) is 47.8 Å². The quantitative estimate of drug-likeness (QED) is 0.126. The Kier molecular flexibility index (Phi) is 13.8. The Bertz CT molecular complexity index is 2020. The minimum absolute atomic E-state index is 0.335. The molecule has 0 saturated carbocycles. The number of nitrogens with one attached hydrogen (secondary N) is 2. The Morgan fingerprint density at radius 2 is 1.14 bits per heavy atom. The molecule has 0 atom stereocenters. The second kappa shape index (κ2) is 19.7. The number of amides is 1. The topological polar surface area (TPSA) is 174 Å². The third kappa shape index (κ3) is 10.5. The van der Waals surface area contributed by atoms with Crippen LogP contribution in [-0.2, 0) is 29.1 Å². The zero-order chi connectivity index (χ0) is 40.0. The lowest BCUT2D eigenvalue weighted by molar-refractivity contribution is 0.0591. The van der Waals surface area contributed by atoms with Gasteiger partial charge in [0.25, 0.3) is 5.91 Å². The van der Waals surface area contributed by atoms with Crippen molar-refractivity contribution < 1.29 is 43.3 Å². The van der Waals surface area contributed by atoms with E-state index >= 15 is 0 Å². The van der Waals surface area contributed by atoms with E-state index in [1.807, 2.05) is 54.9 Å². The molecule has 0 bridgehead atoms. The number of carbonyl (C=O) groups is 3. The van der Waals surface area contributed by atoms with Gasteiger partial charge in [-0.1, -0.05) is 18.2 Å². The lowest BCUT2D eigenvalue weighted by Crippen LogP contribution is -2.25. The summed E-state index contributed by atoms with van der Waals surface area (Å²) in [6.07, 6.45) is 7.16. The highest BCUT2D eigenvalue weighted by molar-refractivity contribution is 5.94. The fourth-order valence-electron chi connectivity index (χ4n) is 6.25. The monoisotopic (exact) mass is 776 g/mol. The van der Waals surface area contributed by atoms with Crippen molar-refractivity contribution in [1.82, 2.24) is 20.8 Å². The maximum atomic E-state index is 11.6. The number of esters is 2. The molecule has 5 heterocycles. The number of hydrogen-bond acceptors (Lipinski definition) is 14. The van der Waals surface area contributed by atoms with E-state index in [2.05, 4.69) is 29.8 Å². The number of nitrogens with zero attached hydrogens (tertiary/aromatic N) is 4. The van der Waals surface area contributed by atoms with Crippen molar-refractivity contribution in [3.05, 3.63) is 137 Å². The summed E-state index contributed by atoms with van der Waals surface area (Å²) >= 11 is 0. The summed E-state index contributed by atoms with van der Waals surface area (Å²) in [7, 11) is 2.75. The van der Waals surface area contributed by atoms with Gasteiger partial charge in [0.2, 0.25) is 0 Å². The molecule has 3 aliphatic rings. The first-order valence-corrected chi connectivity index (χ1v) is 18.3. The van der Waals surface area contributed by atoms with E-state index in [0.717, 1.165) is 72.3 Å². The van der Waals surface area contributed by atoms with Crippen molar-refractivity contribution in [2.45, 2.75) is 19.6 Å². The number of aromatic nitrogens is 2. The van der Waals surface area contributed by atoms with E-state index in [-0.39, 0.29) is 11.9 Å². The maximum absolute atomic E-state index is 11.6. The van der Waals surface area contributed by atoms with Crippen LogP contribution >= 0.6 is 0 Å². The molecule has 15 heteroatoms. The van der Waals surface area contributed by atoms with E-state index in [4.69, 9.17) is 24.2 Å². The van der Waals surface area contributed by atoms with E-state index < -0.39 is 5.91 Å². The third-order valence-electron chi connectivity index (χ3n) is 9.24. The molecule has 0 radical (unpaired) electrons. The molecule has 2 aromatic heterocycles. The molecule has 0 aliphatic carbocycles. The zero-order valence-electron chi connectivity index (χ0n) is 31.7. The molecule has 3 aliphatic heterocycles. The van der Waals surface area contributed by atoms with Gasteiger partial charge in [-0.15, -0.1) is 0 Å². The summed E-state index contributed by atoms with van der Waals surface area (Å²) in [6, 6.07) is 23.8. The molecular formula is C42H44N6O9. The molecule has 3 N–H and O–H groups in total. The maximum Gasteiger partial charge on any atom is 0.337 e. The Morgan fingerprint density at radius 3 is 1.63 bits per heavy atom. The summed E-state index contributed by atoms with van der Waals surface area (Å²) in [5.74, 6) is 0.942. The normalized spacial score (nSPS) is 14.1. The SMILES string of the molecule is COC(=O)c1ccc2c(c1)OCCN(c1cccnc1)C2.COC(=O)c1ccc2c(c1)OCCNC2.O=C(NO)c1ccc2c(c1)OCCN(c1cccnc1)C2. The number of rotatable bonds is 5. The van der Waals surface area contributed by atoms with Crippen LogP contribution in [0.4, 0.5) is 11.4 Å². The predicted molar refractivity (Wildman–Crippen MR) is 210 cm³/mol. The van der Waals surface area contributed by atoms with Gasteiger partial charge in [-0.25, -0.2) is 15.1 Å². The Balaban J connectivity index is 0.000000147. The van der Waals surface area contributed by atoms with Gasteiger partial charge in [-0.3, -0.25) is 20.0 Å². The molecule has 57 heavy (non-hydrogen) atoms. The van der Waals surface area contributed by atoms with Crippen LogP contribution in [-0.4, -0.2) is 86.7 Å². The molecule has 1 amide bonds. The molecule has 296 valence electrons. The van der Waals surface area contributed by atoms with Crippen molar-refractivity contribution in [3.63, 3.8) is 0 Å². The lowest BCUT2D eigenvalue weighted by atomic mass is 10.1. The molecule has 0 fully saturated rings. The summed E-state index contributed by atoms with van der Waals surface area (Å²) < 4.78 is 26.4. The molecule has 0 spiro atoms. The number of anilines is 2. The van der Waals surface area contributed by atoms with Crippen molar-refractivity contribution in [3.8, 4) is 17.2 Å². The second-order valence-electron chi connectivity index (χ2n) is 12.9. The Morgan fingerprint density at radius 1 is 0.667 bits per heavy atom. The minimum Gasteiger partial charge on any atom is -0.492 e.